The summed E-state index contributed by atoms with van der Waals surface area (Å²) in [5, 5.41) is 3.13. The van der Waals surface area contributed by atoms with Crippen molar-refractivity contribution in [3.05, 3.63) is 54.0 Å². The summed E-state index contributed by atoms with van der Waals surface area (Å²) in [4.78, 5) is 6.50. The maximum absolute atomic E-state index is 5.99. The zero-order chi connectivity index (χ0) is 15.9. The van der Waals surface area contributed by atoms with E-state index in [0.717, 1.165) is 17.9 Å². The van der Waals surface area contributed by atoms with Crippen LogP contribution in [-0.2, 0) is 6.42 Å². The van der Waals surface area contributed by atoms with Crippen LogP contribution in [0.5, 0.6) is 0 Å². The summed E-state index contributed by atoms with van der Waals surface area (Å²) >= 11 is 0. The van der Waals surface area contributed by atoms with E-state index in [1.54, 1.807) is 6.26 Å². The molecule has 0 aliphatic rings. The van der Waals surface area contributed by atoms with Crippen molar-refractivity contribution in [1.82, 2.24) is 4.90 Å². The lowest BCUT2D eigenvalue weighted by molar-refractivity contribution is 0.265. The summed E-state index contributed by atoms with van der Waals surface area (Å²) < 4.78 is 5.47. The van der Waals surface area contributed by atoms with Crippen LogP contribution in [0.3, 0.4) is 0 Å². The molecule has 0 amide bonds. The monoisotopic (exact) mass is 300 g/mol. The Labute approximate surface area is 131 Å². The Balaban J connectivity index is 2.01. The smallest absolute Gasteiger partial charge is 0.193 e. The molecule has 0 aliphatic heterocycles. The molecule has 0 aliphatic carbocycles. The number of benzene rings is 1. The normalized spacial score (nSPS) is 13.4. The highest BCUT2D eigenvalue weighted by atomic mass is 16.3. The van der Waals surface area contributed by atoms with Gasteiger partial charge in [-0.25, -0.2) is 0 Å². The van der Waals surface area contributed by atoms with Crippen LogP contribution in [0.2, 0.25) is 0 Å². The summed E-state index contributed by atoms with van der Waals surface area (Å²) in [6.45, 7) is 2.66. The van der Waals surface area contributed by atoms with Crippen LogP contribution in [0.4, 0.5) is 5.69 Å². The van der Waals surface area contributed by atoms with Gasteiger partial charge >= 0.3 is 0 Å². The molecule has 2 aromatic rings. The van der Waals surface area contributed by atoms with Gasteiger partial charge in [-0.05, 0) is 50.3 Å². The SMILES string of the molecule is CCc1cccc(NC(N)=NCC(c2ccco2)N(C)C)c1. The zero-order valence-corrected chi connectivity index (χ0v) is 13.4. The number of aryl methyl sites for hydroxylation is 1. The number of nitrogens with zero attached hydrogens (tertiary/aromatic N) is 2. The minimum atomic E-state index is 0.0670. The van der Waals surface area contributed by atoms with E-state index in [2.05, 4.69) is 34.3 Å². The lowest BCUT2D eigenvalue weighted by Gasteiger charge is -2.20. The Kier molecular flexibility index (Phi) is 5.61. The van der Waals surface area contributed by atoms with E-state index in [0.29, 0.717) is 12.5 Å². The first-order chi connectivity index (χ1) is 10.6. The number of rotatable bonds is 6. The minimum Gasteiger partial charge on any atom is -0.468 e. The fourth-order valence-corrected chi connectivity index (χ4v) is 2.23. The first-order valence-electron chi connectivity index (χ1n) is 7.46. The van der Waals surface area contributed by atoms with Crippen molar-refractivity contribution in [1.29, 1.82) is 0 Å². The molecule has 0 radical (unpaired) electrons. The van der Waals surface area contributed by atoms with Gasteiger partial charge in [-0.3, -0.25) is 9.89 Å². The molecule has 5 nitrogen and oxygen atoms in total. The first-order valence-corrected chi connectivity index (χ1v) is 7.46. The number of furan rings is 1. The summed E-state index contributed by atoms with van der Waals surface area (Å²) in [5.74, 6) is 1.29. The number of guanidine groups is 1. The molecule has 1 atom stereocenters. The average molecular weight is 300 g/mol. The van der Waals surface area contributed by atoms with Crippen molar-refractivity contribution in [2.24, 2.45) is 10.7 Å². The van der Waals surface area contributed by atoms with Gasteiger partial charge in [0.15, 0.2) is 5.96 Å². The van der Waals surface area contributed by atoms with E-state index in [1.165, 1.54) is 5.56 Å². The number of nitrogens with two attached hydrogens (primary N) is 1. The lowest BCUT2D eigenvalue weighted by atomic mass is 10.1. The number of likely N-dealkylation sites (N-methyl/N-ethyl adjacent to an activating group) is 1. The van der Waals surface area contributed by atoms with Gasteiger partial charge in [0, 0.05) is 5.69 Å². The third kappa shape index (κ3) is 4.36. The maximum atomic E-state index is 5.99. The molecule has 3 N–H and O–H groups in total. The molecule has 1 aromatic heterocycles. The van der Waals surface area contributed by atoms with Crippen molar-refractivity contribution >= 4 is 11.6 Å². The highest BCUT2D eigenvalue weighted by molar-refractivity contribution is 5.92. The Hall–Kier alpha value is -2.27. The van der Waals surface area contributed by atoms with Crippen LogP contribution < -0.4 is 11.1 Å². The van der Waals surface area contributed by atoms with E-state index >= 15 is 0 Å². The molecule has 118 valence electrons. The van der Waals surface area contributed by atoms with Crippen LogP contribution in [-0.4, -0.2) is 31.5 Å². The van der Waals surface area contributed by atoms with Gasteiger partial charge < -0.3 is 15.5 Å². The number of nitrogens with one attached hydrogen (secondary N) is 1. The second-order valence-electron chi connectivity index (χ2n) is 5.40. The van der Waals surface area contributed by atoms with Crippen molar-refractivity contribution in [3.63, 3.8) is 0 Å². The number of anilines is 1. The zero-order valence-electron chi connectivity index (χ0n) is 13.4. The molecule has 0 fully saturated rings. The minimum absolute atomic E-state index is 0.0670. The van der Waals surface area contributed by atoms with Gasteiger partial charge in [-0.15, -0.1) is 0 Å². The van der Waals surface area contributed by atoms with E-state index in [1.807, 2.05) is 38.4 Å². The molecule has 2 rings (SSSR count). The van der Waals surface area contributed by atoms with Crippen LogP contribution in [0, 0.1) is 0 Å². The van der Waals surface area contributed by atoms with E-state index < -0.39 is 0 Å². The topological polar surface area (TPSA) is 66.8 Å². The molecular weight excluding hydrogens is 276 g/mol. The first kappa shape index (κ1) is 16.1. The summed E-state index contributed by atoms with van der Waals surface area (Å²) in [7, 11) is 3.99. The summed E-state index contributed by atoms with van der Waals surface area (Å²) in [6.07, 6.45) is 2.67. The molecule has 1 unspecified atom stereocenters. The number of aliphatic imine (C=N–C) groups is 1. The van der Waals surface area contributed by atoms with Crippen LogP contribution >= 0.6 is 0 Å². The van der Waals surface area contributed by atoms with Crippen LogP contribution in [0.1, 0.15) is 24.3 Å². The van der Waals surface area contributed by atoms with Crippen molar-refractivity contribution < 1.29 is 4.42 Å². The van der Waals surface area contributed by atoms with Crippen LogP contribution in [0.25, 0.3) is 0 Å². The highest BCUT2D eigenvalue weighted by Crippen LogP contribution is 2.19. The third-order valence-electron chi connectivity index (χ3n) is 3.54. The molecule has 22 heavy (non-hydrogen) atoms. The summed E-state index contributed by atoms with van der Waals surface area (Å²) in [6, 6.07) is 12.1. The number of hydrogen-bond donors (Lipinski definition) is 2. The Morgan fingerprint density at radius 2 is 2.14 bits per heavy atom. The van der Waals surface area contributed by atoms with Crippen molar-refractivity contribution in [2.75, 3.05) is 26.0 Å². The van der Waals surface area contributed by atoms with Crippen molar-refractivity contribution in [2.45, 2.75) is 19.4 Å². The van der Waals surface area contributed by atoms with E-state index in [4.69, 9.17) is 10.2 Å². The predicted molar refractivity (Wildman–Crippen MR) is 91.1 cm³/mol. The molecular formula is C17H24N4O. The summed E-state index contributed by atoms with van der Waals surface area (Å²) in [5.41, 5.74) is 8.21. The fraction of sp³-hybridized carbons (Fsp3) is 0.353. The van der Waals surface area contributed by atoms with Gasteiger partial charge in [0.2, 0.25) is 0 Å². The van der Waals surface area contributed by atoms with Gasteiger partial charge in [-0.2, -0.15) is 0 Å². The number of hydrogen-bond acceptors (Lipinski definition) is 3. The van der Waals surface area contributed by atoms with E-state index in [-0.39, 0.29) is 6.04 Å². The second-order valence-corrected chi connectivity index (χ2v) is 5.40. The van der Waals surface area contributed by atoms with E-state index in [9.17, 15) is 0 Å². The molecule has 1 aromatic carbocycles. The van der Waals surface area contributed by atoms with Crippen molar-refractivity contribution in [3.8, 4) is 0 Å². The Bertz CT molecular complexity index is 605. The molecule has 0 saturated carbocycles. The molecule has 0 bridgehead atoms. The standard InChI is InChI=1S/C17H24N4O/c1-4-13-7-5-8-14(11-13)20-17(18)19-12-15(21(2)3)16-9-6-10-22-16/h5-11,15H,4,12H2,1-3H3,(H3,18,19,20). The Morgan fingerprint density at radius 1 is 1.32 bits per heavy atom. The lowest BCUT2D eigenvalue weighted by Crippen LogP contribution is -2.27. The Morgan fingerprint density at radius 3 is 2.77 bits per heavy atom. The van der Waals surface area contributed by atoms with Gasteiger partial charge in [0.25, 0.3) is 0 Å². The predicted octanol–water partition coefficient (Wildman–Crippen LogP) is 2.87. The largest absolute Gasteiger partial charge is 0.468 e. The fourth-order valence-electron chi connectivity index (χ4n) is 2.23. The van der Waals surface area contributed by atoms with Gasteiger partial charge in [-0.1, -0.05) is 19.1 Å². The van der Waals surface area contributed by atoms with Gasteiger partial charge in [0.1, 0.15) is 5.76 Å². The highest BCUT2D eigenvalue weighted by Gasteiger charge is 2.16. The van der Waals surface area contributed by atoms with Crippen LogP contribution in [0.15, 0.2) is 52.1 Å². The quantitative estimate of drug-likeness (QED) is 0.636. The van der Waals surface area contributed by atoms with Gasteiger partial charge in [0.05, 0.1) is 18.8 Å². The molecule has 5 heteroatoms. The molecule has 1 heterocycles. The molecule has 0 spiro atoms. The second kappa shape index (κ2) is 7.66. The third-order valence-corrected chi connectivity index (χ3v) is 3.54. The average Bonchev–Trinajstić information content (AvgIpc) is 3.01. The maximum Gasteiger partial charge on any atom is 0.193 e. The molecule has 0 saturated heterocycles.